The Hall–Kier alpha value is -1.92. The van der Waals surface area contributed by atoms with E-state index in [1.54, 1.807) is 23.1 Å². The molecule has 1 N–H and O–H groups in total. The summed E-state index contributed by atoms with van der Waals surface area (Å²) in [5.74, 6) is -1.11. The van der Waals surface area contributed by atoms with E-state index in [9.17, 15) is 14.7 Å². The van der Waals surface area contributed by atoms with Crippen LogP contribution in [0.2, 0.25) is 0 Å². The molecule has 0 aromatic heterocycles. The first-order chi connectivity index (χ1) is 10.2. The van der Waals surface area contributed by atoms with E-state index in [1.807, 2.05) is 0 Å². The number of aromatic carboxylic acids is 1. The van der Waals surface area contributed by atoms with Gasteiger partial charge in [-0.1, -0.05) is 6.07 Å². The van der Waals surface area contributed by atoms with Crippen LogP contribution in [-0.4, -0.2) is 49.5 Å². The van der Waals surface area contributed by atoms with E-state index in [-0.39, 0.29) is 18.1 Å². The van der Waals surface area contributed by atoms with Crippen LogP contribution in [0.5, 0.6) is 0 Å². The lowest BCUT2D eigenvalue weighted by atomic mass is 9.96. The van der Waals surface area contributed by atoms with E-state index in [0.29, 0.717) is 31.9 Å². The molecule has 2 aliphatic rings. The second kappa shape index (κ2) is 5.83. The number of anilines is 1. The maximum atomic E-state index is 12.6. The first-order valence-electron chi connectivity index (χ1n) is 7.04. The molecule has 6 heteroatoms. The van der Waals surface area contributed by atoms with E-state index >= 15 is 0 Å². The van der Waals surface area contributed by atoms with Crippen molar-refractivity contribution in [1.82, 2.24) is 0 Å². The van der Waals surface area contributed by atoms with E-state index in [0.717, 1.165) is 12.0 Å². The van der Waals surface area contributed by atoms with Gasteiger partial charge in [0.25, 0.3) is 5.91 Å². The number of carbonyl (C=O) groups is 2. The van der Waals surface area contributed by atoms with Crippen LogP contribution in [0.1, 0.15) is 22.3 Å². The maximum absolute atomic E-state index is 12.6. The number of rotatable bonds is 2. The third-order valence-electron chi connectivity index (χ3n) is 3.84. The van der Waals surface area contributed by atoms with Crippen LogP contribution in [0.25, 0.3) is 0 Å². The van der Waals surface area contributed by atoms with Crippen LogP contribution in [0.4, 0.5) is 5.69 Å². The average molecular weight is 291 g/mol. The second-order valence-corrected chi connectivity index (χ2v) is 5.14. The van der Waals surface area contributed by atoms with Gasteiger partial charge in [-0.2, -0.15) is 0 Å². The van der Waals surface area contributed by atoms with Gasteiger partial charge in [-0.05, 0) is 30.5 Å². The summed E-state index contributed by atoms with van der Waals surface area (Å²) in [7, 11) is 0. The van der Waals surface area contributed by atoms with Crippen LogP contribution in [0.3, 0.4) is 0 Å². The summed E-state index contributed by atoms with van der Waals surface area (Å²) >= 11 is 0. The number of amides is 1. The Bertz CT molecular complexity index is 565. The molecule has 0 saturated carbocycles. The molecule has 0 spiro atoms. The van der Waals surface area contributed by atoms with Crippen molar-refractivity contribution in [1.29, 1.82) is 0 Å². The monoisotopic (exact) mass is 291 g/mol. The number of fused-ring (bicyclic) bond motifs is 1. The molecule has 1 aromatic rings. The summed E-state index contributed by atoms with van der Waals surface area (Å²) in [6.45, 7) is 1.74. The van der Waals surface area contributed by atoms with Gasteiger partial charge in [0.2, 0.25) is 0 Å². The highest BCUT2D eigenvalue weighted by Gasteiger charge is 2.32. The van der Waals surface area contributed by atoms with Crippen molar-refractivity contribution in [3.8, 4) is 0 Å². The minimum atomic E-state index is -0.960. The summed E-state index contributed by atoms with van der Waals surface area (Å²) in [5, 5.41) is 9.27. The summed E-state index contributed by atoms with van der Waals surface area (Å²) in [5.41, 5.74) is 1.67. The van der Waals surface area contributed by atoms with Gasteiger partial charge in [-0.25, -0.2) is 4.79 Å². The zero-order valence-corrected chi connectivity index (χ0v) is 11.6. The third kappa shape index (κ3) is 2.64. The first-order valence-corrected chi connectivity index (χ1v) is 7.04. The summed E-state index contributed by atoms with van der Waals surface area (Å²) in [6.07, 6.45) is 0.818. The molecule has 112 valence electrons. The van der Waals surface area contributed by atoms with Crippen LogP contribution in [-0.2, 0) is 20.7 Å². The Labute approximate surface area is 122 Å². The van der Waals surface area contributed by atoms with Crippen molar-refractivity contribution in [2.45, 2.75) is 18.9 Å². The summed E-state index contributed by atoms with van der Waals surface area (Å²) in [6, 6.07) is 5.05. The molecule has 1 saturated heterocycles. The molecule has 1 amide bonds. The lowest BCUT2D eigenvalue weighted by Crippen LogP contribution is -2.47. The standard InChI is InChI=1S/C15H17NO5/c17-14(13-9-20-7-8-21-13)16-6-2-4-10-11(15(18)19)3-1-5-12(10)16/h1,3,5,13H,2,4,6-9H2,(H,18,19). The fourth-order valence-corrected chi connectivity index (χ4v) is 2.86. The number of carboxylic acid groups (broad SMARTS) is 1. The SMILES string of the molecule is O=C(O)c1cccc2c1CCCN2C(=O)C1COCCO1. The molecule has 21 heavy (non-hydrogen) atoms. The van der Waals surface area contributed by atoms with E-state index in [1.165, 1.54) is 0 Å². The molecule has 3 rings (SSSR count). The number of hydrogen-bond donors (Lipinski definition) is 1. The lowest BCUT2D eigenvalue weighted by molar-refractivity contribution is -0.144. The van der Waals surface area contributed by atoms with Crippen molar-refractivity contribution in [3.05, 3.63) is 29.3 Å². The molecule has 0 aliphatic carbocycles. The van der Waals surface area contributed by atoms with Gasteiger partial charge in [0.1, 0.15) is 0 Å². The number of nitrogens with zero attached hydrogens (tertiary/aromatic N) is 1. The Morgan fingerprint density at radius 2 is 2.14 bits per heavy atom. The smallest absolute Gasteiger partial charge is 0.336 e. The van der Waals surface area contributed by atoms with Crippen molar-refractivity contribution >= 4 is 17.6 Å². The lowest BCUT2D eigenvalue weighted by Gasteiger charge is -2.33. The molecule has 0 bridgehead atoms. The highest BCUT2D eigenvalue weighted by atomic mass is 16.6. The highest BCUT2D eigenvalue weighted by Crippen LogP contribution is 2.30. The maximum Gasteiger partial charge on any atom is 0.336 e. The fourth-order valence-electron chi connectivity index (χ4n) is 2.86. The zero-order chi connectivity index (χ0) is 14.8. The number of carboxylic acids is 1. The predicted octanol–water partition coefficient (Wildman–Crippen LogP) is 1.08. The van der Waals surface area contributed by atoms with Gasteiger partial charge in [-0.15, -0.1) is 0 Å². The quantitative estimate of drug-likeness (QED) is 0.882. The molecule has 1 aromatic carbocycles. The minimum Gasteiger partial charge on any atom is -0.478 e. The van der Waals surface area contributed by atoms with Crippen LogP contribution >= 0.6 is 0 Å². The average Bonchev–Trinajstić information content (AvgIpc) is 2.53. The summed E-state index contributed by atoms with van der Waals surface area (Å²) in [4.78, 5) is 25.5. The molecule has 0 radical (unpaired) electrons. The van der Waals surface area contributed by atoms with Crippen LogP contribution in [0, 0.1) is 0 Å². The molecule has 1 fully saturated rings. The van der Waals surface area contributed by atoms with Gasteiger partial charge < -0.3 is 19.5 Å². The normalized spacial score (nSPS) is 21.7. The van der Waals surface area contributed by atoms with Crippen molar-refractivity contribution < 1.29 is 24.2 Å². The van der Waals surface area contributed by atoms with Gasteiger partial charge in [0.15, 0.2) is 6.10 Å². The van der Waals surface area contributed by atoms with Crippen molar-refractivity contribution in [3.63, 3.8) is 0 Å². The Morgan fingerprint density at radius 1 is 1.29 bits per heavy atom. The van der Waals surface area contributed by atoms with E-state index < -0.39 is 12.1 Å². The summed E-state index contributed by atoms with van der Waals surface area (Å²) < 4.78 is 10.7. The van der Waals surface area contributed by atoms with Gasteiger partial charge in [-0.3, -0.25) is 4.79 Å². The van der Waals surface area contributed by atoms with Crippen molar-refractivity contribution in [2.24, 2.45) is 0 Å². The molecule has 1 unspecified atom stereocenters. The molecular weight excluding hydrogens is 274 g/mol. The molecule has 2 heterocycles. The van der Waals surface area contributed by atoms with Crippen LogP contribution < -0.4 is 4.90 Å². The fraction of sp³-hybridized carbons (Fsp3) is 0.467. The van der Waals surface area contributed by atoms with Crippen molar-refractivity contribution in [2.75, 3.05) is 31.3 Å². The second-order valence-electron chi connectivity index (χ2n) is 5.14. The Balaban J connectivity index is 1.91. The number of carbonyl (C=O) groups excluding carboxylic acids is 1. The molecule has 6 nitrogen and oxygen atoms in total. The Morgan fingerprint density at radius 3 is 2.86 bits per heavy atom. The minimum absolute atomic E-state index is 0.154. The van der Waals surface area contributed by atoms with E-state index in [2.05, 4.69) is 0 Å². The number of benzene rings is 1. The third-order valence-corrected chi connectivity index (χ3v) is 3.84. The highest BCUT2D eigenvalue weighted by molar-refractivity contribution is 6.00. The largest absolute Gasteiger partial charge is 0.478 e. The molecule has 2 aliphatic heterocycles. The molecular formula is C15H17NO5. The number of ether oxygens (including phenoxy) is 2. The first kappa shape index (κ1) is 14.0. The van der Waals surface area contributed by atoms with Gasteiger partial charge in [0.05, 0.1) is 25.4 Å². The predicted molar refractivity (Wildman–Crippen MR) is 74.6 cm³/mol. The molecule has 1 atom stereocenters. The van der Waals surface area contributed by atoms with E-state index in [4.69, 9.17) is 9.47 Å². The van der Waals surface area contributed by atoms with Gasteiger partial charge in [0, 0.05) is 12.2 Å². The number of hydrogen-bond acceptors (Lipinski definition) is 4. The topological polar surface area (TPSA) is 76.1 Å². The van der Waals surface area contributed by atoms with Crippen LogP contribution in [0.15, 0.2) is 18.2 Å². The Kier molecular flexibility index (Phi) is 3.90. The van der Waals surface area contributed by atoms with Gasteiger partial charge >= 0.3 is 5.97 Å². The zero-order valence-electron chi connectivity index (χ0n) is 11.6.